The Bertz CT molecular complexity index is 661. The Labute approximate surface area is 150 Å². The first-order valence-electron chi connectivity index (χ1n) is 9.04. The number of hydrogen-bond donors (Lipinski definition) is 1. The summed E-state index contributed by atoms with van der Waals surface area (Å²) in [6.07, 6.45) is 4.22. The van der Waals surface area contributed by atoms with E-state index in [1.807, 2.05) is 19.1 Å². The lowest BCUT2D eigenvalue weighted by atomic mass is 10.2. The van der Waals surface area contributed by atoms with Crippen molar-refractivity contribution in [1.82, 2.24) is 14.0 Å². The average Bonchev–Trinajstić information content (AvgIpc) is 3.42. The van der Waals surface area contributed by atoms with Gasteiger partial charge in [-0.3, -0.25) is 0 Å². The van der Waals surface area contributed by atoms with E-state index >= 15 is 0 Å². The average molecular weight is 369 g/mol. The van der Waals surface area contributed by atoms with Gasteiger partial charge in [0.25, 0.3) is 10.2 Å². The van der Waals surface area contributed by atoms with Gasteiger partial charge < -0.3 is 9.64 Å². The number of morpholine rings is 1. The van der Waals surface area contributed by atoms with Gasteiger partial charge in [-0.1, -0.05) is 13.0 Å². The van der Waals surface area contributed by atoms with Gasteiger partial charge in [0.15, 0.2) is 0 Å². The summed E-state index contributed by atoms with van der Waals surface area (Å²) in [6.45, 7) is 7.67. The van der Waals surface area contributed by atoms with Crippen LogP contribution in [0.1, 0.15) is 32.3 Å². The minimum absolute atomic E-state index is 0.202. The first-order chi connectivity index (χ1) is 12.0. The van der Waals surface area contributed by atoms with E-state index in [-0.39, 0.29) is 12.6 Å². The molecule has 1 atom stereocenters. The first kappa shape index (κ1) is 18.6. The number of ether oxygens (including phenoxy) is 1. The minimum Gasteiger partial charge on any atom is -0.375 e. The van der Waals surface area contributed by atoms with Crippen molar-refractivity contribution >= 4 is 16.0 Å². The van der Waals surface area contributed by atoms with Crippen LogP contribution in [0.25, 0.3) is 0 Å². The zero-order valence-corrected chi connectivity index (χ0v) is 15.8. The van der Waals surface area contributed by atoms with Gasteiger partial charge in [-0.2, -0.15) is 17.4 Å². The van der Waals surface area contributed by atoms with Crippen LogP contribution in [-0.2, 0) is 21.5 Å². The molecule has 1 aliphatic heterocycles. The van der Waals surface area contributed by atoms with Crippen molar-refractivity contribution in [2.45, 2.75) is 39.3 Å². The molecule has 25 heavy (non-hydrogen) atoms. The summed E-state index contributed by atoms with van der Waals surface area (Å²) < 4.78 is 34.6. The van der Waals surface area contributed by atoms with E-state index in [9.17, 15) is 8.42 Å². The van der Waals surface area contributed by atoms with Crippen molar-refractivity contribution in [1.29, 1.82) is 0 Å². The Balaban J connectivity index is 1.55. The van der Waals surface area contributed by atoms with Gasteiger partial charge >= 0.3 is 0 Å². The Hall–Kier alpha value is -1.22. The third kappa shape index (κ3) is 5.13. The molecule has 0 radical (unpaired) electrons. The fraction of sp³-hybridized carbons (Fsp3) is 0.706. The van der Waals surface area contributed by atoms with Crippen molar-refractivity contribution in [3.63, 3.8) is 0 Å². The smallest absolute Gasteiger partial charge is 0.279 e. The predicted molar refractivity (Wildman–Crippen MR) is 97.6 cm³/mol. The van der Waals surface area contributed by atoms with Crippen LogP contribution in [0.2, 0.25) is 0 Å². The minimum atomic E-state index is -3.43. The molecule has 0 aromatic carbocycles. The van der Waals surface area contributed by atoms with Crippen LogP contribution < -0.4 is 9.62 Å². The van der Waals surface area contributed by atoms with E-state index < -0.39 is 10.2 Å². The standard InChI is InChI=1S/C17H28N4O3S/c1-3-21(13-15-4-5-15)25(22,23)19-11-16-6-7-17(18-10-16)20-8-9-24-14(2)12-20/h6-7,10,14-15,19H,3-5,8-9,11-13H2,1-2H3/t14-/m0/s1. The van der Waals surface area contributed by atoms with Crippen molar-refractivity contribution in [2.75, 3.05) is 37.7 Å². The Morgan fingerprint density at radius 1 is 1.40 bits per heavy atom. The van der Waals surface area contributed by atoms with Crippen LogP contribution in [0.4, 0.5) is 5.82 Å². The van der Waals surface area contributed by atoms with Crippen molar-refractivity contribution in [3.05, 3.63) is 23.9 Å². The highest BCUT2D eigenvalue weighted by Gasteiger charge is 2.29. The third-order valence-electron chi connectivity index (χ3n) is 4.68. The summed E-state index contributed by atoms with van der Waals surface area (Å²) in [6, 6.07) is 3.88. The van der Waals surface area contributed by atoms with Gasteiger partial charge in [-0.25, -0.2) is 4.98 Å². The predicted octanol–water partition coefficient (Wildman–Crippen LogP) is 1.37. The van der Waals surface area contributed by atoms with Crippen LogP contribution >= 0.6 is 0 Å². The molecule has 1 saturated heterocycles. The zero-order chi connectivity index (χ0) is 17.9. The summed E-state index contributed by atoms with van der Waals surface area (Å²) in [5, 5.41) is 0. The number of pyridine rings is 1. The fourth-order valence-corrected chi connectivity index (χ4v) is 4.26. The van der Waals surface area contributed by atoms with Crippen molar-refractivity contribution in [3.8, 4) is 0 Å². The SMILES string of the molecule is CCN(CC1CC1)S(=O)(=O)NCc1ccc(N2CCO[C@@H](C)C2)nc1. The van der Waals surface area contributed by atoms with Crippen LogP contribution in [0, 0.1) is 5.92 Å². The highest BCUT2D eigenvalue weighted by molar-refractivity contribution is 7.87. The number of nitrogens with zero attached hydrogens (tertiary/aromatic N) is 3. The molecule has 0 bridgehead atoms. The molecule has 7 nitrogen and oxygen atoms in total. The van der Waals surface area contributed by atoms with Crippen LogP contribution in [0.3, 0.4) is 0 Å². The maximum atomic E-state index is 12.4. The second-order valence-electron chi connectivity index (χ2n) is 6.87. The van der Waals surface area contributed by atoms with Crippen molar-refractivity contribution < 1.29 is 13.2 Å². The molecule has 3 rings (SSSR count). The van der Waals surface area contributed by atoms with Crippen molar-refractivity contribution in [2.24, 2.45) is 5.92 Å². The van der Waals surface area contributed by atoms with E-state index in [4.69, 9.17) is 4.74 Å². The second-order valence-corrected chi connectivity index (χ2v) is 8.63. The molecule has 1 aromatic rings. The van der Waals surface area contributed by atoms with Crippen LogP contribution in [0.5, 0.6) is 0 Å². The van der Waals surface area contributed by atoms with E-state index in [2.05, 4.69) is 21.5 Å². The normalized spacial score (nSPS) is 21.7. The molecule has 1 aromatic heterocycles. The Kier molecular flexibility index (Phi) is 5.93. The molecule has 2 heterocycles. The lowest BCUT2D eigenvalue weighted by Crippen LogP contribution is -2.42. The maximum absolute atomic E-state index is 12.4. The monoisotopic (exact) mass is 368 g/mol. The lowest BCUT2D eigenvalue weighted by molar-refractivity contribution is 0.0529. The summed E-state index contributed by atoms with van der Waals surface area (Å²) in [7, 11) is -3.43. The van der Waals surface area contributed by atoms with E-state index in [0.29, 0.717) is 25.6 Å². The van der Waals surface area contributed by atoms with Gasteiger partial charge in [-0.05, 0) is 37.3 Å². The number of rotatable bonds is 8. The van der Waals surface area contributed by atoms with Crippen LogP contribution in [0.15, 0.2) is 18.3 Å². The first-order valence-corrected chi connectivity index (χ1v) is 10.5. The highest BCUT2D eigenvalue weighted by atomic mass is 32.2. The number of aromatic nitrogens is 1. The molecular weight excluding hydrogens is 340 g/mol. The van der Waals surface area contributed by atoms with E-state index in [1.165, 1.54) is 4.31 Å². The van der Waals surface area contributed by atoms with Gasteiger partial charge in [0.05, 0.1) is 12.7 Å². The number of anilines is 1. The number of nitrogens with one attached hydrogen (secondary N) is 1. The lowest BCUT2D eigenvalue weighted by Gasteiger charge is -2.32. The second kappa shape index (κ2) is 7.99. The molecule has 1 aliphatic carbocycles. The molecule has 8 heteroatoms. The molecule has 1 N–H and O–H groups in total. The molecule has 140 valence electrons. The van der Waals surface area contributed by atoms with Crippen LogP contribution in [-0.4, -0.2) is 56.6 Å². The molecule has 2 aliphatic rings. The quantitative estimate of drug-likeness (QED) is 0.750. The molecule has 2 fully saturated rings. The molecule has 0 unspecified atom stereocenters. The molecule has 1 saturated carbocycles. The Morgan fingerprint density at radius 2 is 2.20 bits per heavy atom. The molecule has 0 spiro atoms. The van der Waals surface area contributed by atoms with Gasteiger partial charge in [0, 0.05) is 38.9 Å². The fourth-order valence-electron chi connectivity index (χ4n) is 2.99. The third-order valence-corrected chi connectivity index (χ3v) is 6.28. The van der Waals surface area contributed by atoms with E-state index in [0.717, 1.165) is 37.3 Å². The largest absolute Gasteiger partial charge is 0.375 e. The topological polar surface area (TPSA) is 74.8 Å². The molecule has 0 amide bonds. The van der Waals surface area contributed by atoms with Gasteiger partial charge in [0.1, 0.15) is 5.82 Å². The van der Waals surface area contributed by atoms with E-state index in [1.54, 1.807) is 6.20 Å². The maximum Gasteiger partial charge on any atom is 0.279 e. The summed E-state index contributed by atoms with van der Waals surface area (Å²) in [4.78, 5) is 6.67. The summed E-state index contributed by atoms with van der Waals surface area (Å²) >= 11 is 0. The highest BCUT2D eigenvalue weighted by Crippen LogP contribution is 2.30. The zero-order valence-electron chi connectivity index (χ0n) is 15.0. The van der Waals surface area contributed by atoms with Gasteiger partial charge in [0.2, 0.25) is 0 Å². The summed E-state index contributed by atoms with van der Waals surface area (Å²) in [5.74, 6) is 1.44. The number of hydrogen-bond acceptors (Lipinski definition) is 5. The van der Waals surface area contributed by atoms with Gasteiger partial charge in [-0.15, -0.1) is 0 Å². The molecular formula is C17H28N4O3S. The summed E-state index contributed by atoms with van der Waals surface area (Å²) in [5.41, 5.74) is 0.858. The Morgan fingerprint density at radius 3 is 2.80 bits per heavy atom.